The molecule has 0 aliphatic carbocycles. The molecule has 56 heavy (non-hydrogen) atoms. The van der Waals surface area contributed by atoms with Crippen molar-refractivity contribution in [1.82, 2.24) is 0 Å². The maximum absolute atomic E-state index is 6.12. The highest BCUT2D eigenvalue weighted by molar-refractivity contribution is 6.06. The van der Waals surface area contributed by atoms with Crippen molar-refractivity contribution in [3.8, 4) is 44.5 Å². The van der Waals surface area contributed by atoms with Crippen LogP contribution in [0.25, 0.3) is 77.2 Å². The zero-order valence-electron chi connectivity index (χ0n) is 31.4. The zero-order valence-corrected chi connectivity index (χ0v) is 31.4. The van der Waals surface area contributed by atoms with E-state index in [9.17, 15) is 0 Å². The Kier molecular flexibility index (Phi) is 8.30. The number of hydrogen-bond donors (Lipinski definition) is 0. The second-order valence-corrected chi connectivity index (χ2v) is 14.7. The predicted molar refractivity (Wildman–Crippen MR) is 237 cm³/mol. The van der Waals surface area contributed by atoms with Crippen LogP contribution < -0.4 is 4.90 Å². The van der Waals surface area contributed by atoms with E-state index in [4.69, 9.17) is 4.42 Å². The second kappa shape index (κ2) is 13.9. The Balaban J connectivity index is 1.03. The zero-order chi connectivity index (χ0) is 37.6. The average Bonchev–Trinajstić information content (AvgIpc) is 3.63. The molecule has 0 atom stereocenters. The molecule has 0 aliphatic rings. The highest BCUT2D eigenvalue weighted by Gasteiger charge is 2.17. The Morgan fingerprint density at radius 1 is 0.321 bits per heavy atom. The van der Waals surface area contributed by atoms with Crippen LogP contribution in [0.2, 0.25) is 0 Å². The Morgan fingerprint density at radius 3 is 1.54 bits per heavy atom. The maximum atomic E-state index is 6.12. The summed E-state index contributed by atoms with van der Waals surface area (Å²) in [4.78, 5) is 2.36. The van der Waals surface area contributed by atoms with Gasteiger partial charge >= 0.3 is 0 Å². The van der Waals surface area contributed by atoms with Gasteiger partial charge in [-0.3, -0.25) is 0 Å². The maximum Gasteiger partial charge on any atom is 0.135 e. The first-order valence-corrected chi connectivity index (χ1v) is 19.2. The van der Waals surface area contributed by atoms with Gasteiger partial charge in [-0.05, 0) is 141 Å². The van der Waals surface area contributed by atoms with Gasteiger partial charge in [0.2, 0.25) is 0 Å². The van der Waals surface area contributed by atoms with E-state index in [1.54, 1.807) is 0 Å². The third-order valence-corrected chi connectivity index (χ3v) is 11.1. The molecule has 0 saturated heterocycles. The fourth-order valence-electron chi connectivity index (χ4n) is 8.19. The molecule has 0 fully saturated rings. The van der Waals surface area contributed by atoms with Gasteiger partial charge in [0.25, 0.3) is 0 Å². The molecule has 1 heterocycles. The first kappa shape index (κ1) is 33.4. The molecule has 266 valence electrons. The fourth-order valence-corrected chi connectivity index (χ4v) is 8.19. The lowest BCUT2D eigenvalue weighted by Crippen LogP contribution is -2.10. The summed E-state index contributed by atoms with van der Waals surface area (Å²) in [5.41, 5.74) is 17.3. The van der Waals surface area contributed by atoms with Crippen molar-refractivity contribution < 1.29 is 4.42 Å². The van der Waals surface area contributed by atoms with E-state index in [1.165, 1.54) is 55.3 Å². The number of hydrogen-bond acceptors (Lipinski definition) is 2. The molecule has 0 spiro atoms. The number of rotatable bonds is 7. The van der Waals surface area contributed by atoms with Gasteiger partial charge in [-0.1, -0.05) is 140 Å². The van der Waals surface area contributed by atoms with Crippen LogP contribution in [0.5, 0.6) is 0 Å². The first-order chi connectivity index (χ1) is 27.6. The van der Waals surface area contributed by atoms with Gasteiger partial charge in [0.05, 0.1) is 0 Å². The molecule has 2 nitrogen and oxygen atoms in total. The van der Waals surface area contributed by atoms with E-state index in [2.05, 4.69) is 207 Å². The third-order valence-electron chi connectivity index (χ3n) is 11.1. The molecule has 1 aromatic heterocycles. The Hall–Kier alpha value is -7.16. The molecule has 0 saturated carbocycles. The highest BCUT2D eigenvalue weighted by Crippen LogP contribution is 2.40. The number of aryl methyl sites for hydroxylation is 2. The largest absolute Gasteiger partial charge is 0.456 e. The summed E-state index contributed by atoms with van der Waals surface area (Å²) in [5.74, 6) is 0. The van der Waals surface area contributed by atoms with E-state index in [1.807, 2.05) is 12.1 Å². The van der Waals surface area contributed by atoms with Crippen LogP contribution in [0.15, 0.2) is 205 Å². The van der Waals surface area contributed by atoms with Crippen LogP contribution >= 0.6 is 0 Å². The lowest BCUT2D eigenvalue weighted by atomic mass is 9.93. The van der Waals surface area contributed by atoms with Crippen molar-refractivity contribution in [2.75, 3.05) is 4.90 Å². The van der Waals surface area contributed by atoms with Gasteiger partial charge in [-0.25, -0.2) is 0 Å². The predicted octanol–water partition coefficient (Wildman–Crippen LogP) is 15.5. The second-order valence-electron chi connectivity index (χ2n) is 14.7. The van der Waals surface area contributed by atoms with Crippen molar-refractivity contribution in [2.45, 2.75) is 13.8 Å². The first-order valence-electron chi connectivity index (χ1n) is 19.2. The molecule has 0 unspecified atom stereocenters. The summed E-state index contributed by atoms with van der Waals surface area (Å²) in [6.07, 6.45) is 0. The van der Waals surface area contributed by atoms with Gasteiger partial charge in [-0.15, -0.1) is 0 Å². The summed E-state index contributed by atoms with van der Waals surface area (Å²) in [7, 11) is 0. The van der Waals surface area contributed by atoms with Crippen molar-refractivity contribution >= 4 is 49.8 Å². The summed E-state index contributed by atoms with van der Waals surface area (Å²) in [6.45, 7) is 4.44. The molecule has 2 heteroatoms. The van der Waals surface area contributed by atoms with Crippen LogP contribution in [0, 0.1) is 13.8 Å². The summed E-state index contributed by atoms with van der Waals surface area (Å²) in [6, 6.07) is 72.1. The topological polar surface area (TPSA) is 16.4 Å². The highest BCUT2D eigenvalue weighted by atomic mass is 16.3. The number of benzene rings is 9. The quantitative estimate of drug-likeness (QED) is 0.163. The molecule has 0 amide bonds. The minimum absolute atomic E-state index is 0.908. The smallest absolute Gasteiger partial charge is 0.135 e. The molecule has 0 radical (unpaired) electrons. The van der Waals surface area contributed by atoms with Crippen molar-refractivity contribution in [2.24, 2.45) is 0 Å². The van der Waals surface area contributed by atoms with E-state index in [0.717, 1.165) is 50.1 Å². The normalized spacial score (nSPS) is 11.4. The monoisotopic (exact) mass is 717 g/mol. The Morgan fingerprint density at radius 2 is 0.821 bits per heavy atom. The number of nitrogens with zero attached hydrogens (tertiary/aromatic N) is 1. The van der Waals surface area contributed by atoms with Crippen LogP contribution in [-0.2, 0) is 0 Å². The minimum Gasteiger partial charge on any atom is -0.456 e. The molecule has 10 aromatic rings. The van der Waals surface area contributed by atoms with Crippen LogP contribution in [-0.4, -0.2) is 0 Å². The van der Waals surface area contributed by atoms with E-state index in [-0.39, 0.29) is 0 Å². The Bertz CT molecular complexity index is 3030. The standard InChI is InChI=1S/C54H39NO/c1-36-32-43(38-10-4-3-5-11-38)22-29-49(36)50-30-28-48(33-37(50)2)55(46-24-18-40(19-25-46)44-17-16-39-12-6-7-13-42(39)34-44)47-26-20-41(21-27-47)45-23-31-54-52(35-45)51-14-8-9-15-53(51)56-54/h3-35H,1-2H3. The molecular weight excluding hydrogens is 679 g/mol. The average molecular weight is 718 g/mol. The SMILES string of the molecule is Cc1cc(-c2ccccc2)ccc1-c1ccc(N(c2ccc(-c3ccc4ccccc4c3)cc2)c2ccc(-c3ccc4oc5ccccc5c4c3)cc2)cc1C. The third kappa shape index (κ3) is 6.12. The fraction of sp³-hybridized carbons (Fsp3) is 0.0370. The summed E-state index contributed by atoms with van der Waals surface area (Å²) < 4.78 is 6.12. The number of para-hydroxylation sites is 1. The van der Waals surface area contributed by atoms with Gasteiger partial charge in [0.1, 0.15) is 11.2 Å². The van der Waals surface area contributed by atoms with Gasteiger partial charge in [0.15, 0.2) is 0 Å². The molecule has 10 rings (SSSR count). The number of fused-ring (bicyclic) bond motifs is 4. The van der Waals surface area contributed by atoms with Crippen molar-refractivity contribution in [3.63, 3.8) is 0 Å². The van der Waals surface area contributed by atoms with Crippen molar-refractivity contribution in [1.29, 1.82) is 0 Å². The van der Waals surface area contributed by atoms with E-state index >= 15 is 0 Å². The molecule has 9 aromatic carbocycles. The van der Waals surface area contributed by atoms with E-state index < -0.39 is 0 Å². The molecule has 0 N–H and O–H groups in total. The van der Waals surface area contributed by atoms with Gasteiger partial charge < -0.3 is 9.32 Å². The lowest BCUT2D eigenvalue weighted by Gasteiger charge is -2.27. The molecule has 0 bridgehead atoms. The lowest BCUT2D eigenvalue weighted by molar-refractivity contribution is 0.669. The minimum atomic E-state index is 0.908. The number of furan rings is 1. The van der Waals surface area contributed by atoms with Crippen LogP contribution in [0.3, 0.4) is 0 Å². The summed E-state index contributed by atoms with van der Waals surface area (Å²) in [5, 5.41) is 4.77. The van der Waals surface area contributed by atoms with Crippen LogP contribution in [0.1, 0.15) is 11.1 Å². The molecule has 0 aliphatic heterocycles. The van der Waals surface area contributed by atoms with Gasteiger partial charge in [-0.2, -0.15) is 0 Å². The number of anilines is 3. The van der Waals surface area contributed by atoms with Gasteiger partial charge in [0, 0.05) is 27.8 Å². The van der Waals surface area contributed by atoms with Crippen molar-refractivity contribution in [3.05, 3.63) is 211 Å². The van der Waals surface area contributed by atoms with Crippen LogP contribution in [0.4, 0.5) is 17.1 Å². The Labute approximate surface area is 327 Å². The van der Waals surface area contributed by atoms with E-state index in [0.29, 0.717) is 0 Å². The molecular formula is C54H39NO. The summed E-state index contributed by atoms with van der Waals surface area (Å²) >= 11 is 0.